The molecule has 2 heterocycles. The molecule has 1 aromatic carbocycles. The van der Waals surface area contributed by atoms with Gasteiger partial charge >= 0.3 is 0 Å². The van der Waals surface area contributed by atoms with Gasteiger partial charge in [-0.2, -0.15) is 0 Å². The standard InChI is InChI=1S/C19H22N2O5/c1-2-3-5-12(22)11-26-16-7-4-6-13-14(16)10-21(19(13)25)15-8-9-17(23)20-18(15)24/h4,6-7,15H,2-3,5,8-11H2,1H3,(H,20,23,24). The quantitative estimate of drug-likeness (QED) is 0.747. The number of benzene rings is 1. The zero-order valence-electron chi connectivity index (χ0n) is 14.7. The number of nitrogens with zero attached hydrogens (tertiary/aromatic N) is 1. The first kappa shape index (κ1) is 18.1. The van der Waals surface area contributed by atoms with E-state index in [2.05, 4.69) is 5.32 Å². The maximum Gasteiger partial charge on any atom is 0.255 e. The van der Waals surface area contributed by atoms with Gasteiger partial charge in [0, 0.05) is 24.0 Å². The fourth-order valence-corrected chi connectivity index (χ4v) is 3.30. The highest BCUT2D eigenvalue weighted by molar-refractivity contribution is 6.05. The van der Waals surface area contributed by atoms with E-state index in [4.69, 9.17) is 4.74 Å². The van der Waals surface area contributed by atoms with Gasteiger partial charge in [0.15, 0.2) is 5.78 Å². The molecule has 1 N–H and O–H groups in total. The molecule has 138 valence electrons. The first-order valence-electron chi connectivity index (χ1n) is 8.92. The summed E-state index contributed by atoms with van der Waals surface area (Å²) in [5, 5.41) is 2.28. The van der Waals surface area contributed by atoms with Crippen LogP contribution in [0, 0.1) is 0 Å². The number of rotatable bonds is 7. The van der Waals surface area contributed by atoms with E-state index in [1.54, 1.807) is 18.2 Å². The third-order valence-electron chi connectivity index (χ3n) is 4.74. The second-order valence-corrected chi connectivity index (χ2v) is 6.61. The molecule has 0 spiro atoms. The lowest BCUT2D eigenvalue weighted by molar-refractivity contribution is -0.137. The van der Waals surface area contributed by atoms with Crippen LogP contribution in [0.15, 0.2) is 18.2 Å². The molecule has 2 aliphatic heterocycles. The van der Waals surface area contributed by atoms with E-state index in [0.29, 0.717) is 29.7 Å². The molecule has 0 bridgehead atoms. The lowest BCUT2D eigenvalue weighted by Crippen LogP contribution is -2.52. The Labute approximate surface area is 151 Å². The molecular weight excluding hydrogens is 336 g/mol. The SMILES string of the molecule is CCCCC(=O)COc1cccc2c1CN(C1CCC(=O)NC1=O)C2=O. The third-order valence-corrected chi connectivity index (χ3v) is 4.74. The van der Waals surface area contributed by atoms with Gasteiger partial charge in [-0.3, -0.25) is 24.5 Å². The first-order chi connectivity index (χ1) is 12.5. The van der Waals surface area contributed by atoms with Gasteiger partial charge in [-0.15, -0.1) is 0 Å². The number of fused-ring (bicyclic) bond motifs is 1. The Morgan fingerprint density at radius 1 is 1.31 bits per heavy atom. The van der Waals surface area contributed by atoms with Crippen LogP contribution < -0.4 is 10.1 Å². The number of amides is 3. The average molecular weight is 358 g/mol. The monoisotopic (exact) mass is 358 g/mol. The Bertz CT molecular complexity index is 758. The van der Waals surface area contributed by atoms with Gasteiger partial charge in [0.2, 0.25) is 11.8 Å². The number of nitrogens with one attached hydrogen (secondary N) is 1. The van der Waals surface area contributed by atoms with Crippen molar-refractivity contribution in [3.63, 3.8) is 0 Å². The molecule has 1 atom stereocenters. The summed E-state index contributed by atoms with van der Waals surface area (Å²) in [7, 11) is 0. The number of carbonyl (C=O) groups excluding carboxylic acids is 4. The molecule has 2 aliphatic rings. The Balaban J connectivity index is 1.72. The number of ketones is 1. The van der Waals surface area contributed by atoms with Crippen LogP contribution in [0.1, 0.15) is 54.9 Å². The zero-order valence-corrected chi connectivity index (χ0v) is 14.7. The minimum absolute atomic E-state index is 0.0239. The van der Waals surface area contributed by atoms with E-state index in [1.165, 1.54) is 4.90 Å². The molecule has 1 saturated heterocycles. The average Bonchev–Trinajstić information content (AvgIpc) is 2.95. The summed E-state index contributed by atoms with van der Waals surface area (Å²) in [5.41, 5.74) is 1.17. The van der Waals surface area contributed by atoms with Gasteiger partial charge in [-0.05, 0) is 25.0 Å². The number of ether oxygens (including phenoxy) is 1. The number of hydrogen-bond acceptors (Lipinski definition) is 5. The second kappa shape index (κ2) is 7.68. The largest absolute Gasteiger partial charge is 0.485 e. The predicted octanol–water partition coefficient (Wildman–Crippen LogP) is 1.59. The number of Topliss-reactive ketones (excluding diaryl/α,β-unsaturated/α-hetero) is 1. The van der Waals surface area contributed by atoms with Gasteiger partial charge in [0.05, 0.1) is 6.54 Å². The molecular formula is C19H22N2O5. The van der Waals surface area contributed by atoms with Crippen molar-refractivity contribution in [2.45, 2.75) is 51.6 Å². The van der Waals surface area contributed by atoms with Gasteiger partial charge in [0.25, 0.3) is 5.91 Å². The molecule has 0 aromatic heterocycles. The van der Waals surface area contributed by atoms with Crippen LogP contribution in [0.25, 0.3) is 0 Å². The van der Waals surface area contributed by atoms with Gasteiger partial charge in [-0.1, -0.05) is 19.4 Å². The fourth-order valence-electron chi connectivity index (χ4n) is 3.30. The Hall–Kier alpha value is -2.70. The number of hydrogen-bond donors (Lipinski definition) is 1. The highest BCUT2D eigenvalue weighted by Gasteiger charge is 2.40. The van der Waals surface area contributed by atoms with Crippen LogP contribution in [-0.4, -0.2) is 41.1 Å². The summed E-state index contributed by atoms with van der Waals surface area (Å²) in [5.74, 6) is -0.492. The summed E-state index contributed by atoms with van der Waals surface area (Å²) in [4.78, 5) is 49.4. The fraction of sp³-hybridized carbons (Fsp3) is 0.474. The van der Waals surface area contributed by atoms with Crippen LogP contribution in [0.5, 0.6) is 5.75 Å². The molecule has 7 nitrogen and oxygen atoms in total. The summed E-state index contributed by atoms with van der Waals surface area (Å²) in [6.45, 7) is 2.23. The molecule has 3 amide bonds. The molecule has 7 heteroatoms. The van der Waals surface area contributed by atoms with Crippen molar-refractivity contribution in [1.29, 1.82) is 0 Å². The molecule has 26 heavy (non-hydrogen) atoms. The zero-order chi connectivity index (χ0) is 18.7. The molecule has 0 radical (unpaired) electrons. The topological polar surface area (TPSA) is 92.8 Å². The lowest BCUT2D eigenvalue weighted by Gasteiger charge is -2.29. The number of piperidine rings is 1. The van der Waals surface area contributed by atoms with Gasteiger partial charge in [-0.25, -0.2) is 0 Å². The van der Waals surface area contributed by atoms with Crippen LogP contribution >= 0.6 is 0 Å². The molecule has 3 rings (SSSR count). The maximum absolute atomic E-state index is 12.7. The summed E-state index contributed by atoms with van der Waals surface area (Å²) >= 11 is 0. The molecule has 0 aliphatic carbocycles. The first-order valence-corrected chi connectivity index (χ1v) is 8.92. The normalized spacial score (nSPS) is 19.3. The summed E-state index contributed by atoms with van der Waals surface area (Å²) in [6, 6.07) is 4.46. The van der Waals surface area contributed by atoms with Crippen molar-refractivity contribution in [2.75, 3.05) is 6.61 Å². The molecule has 1 aromatic rings. The Morgan fingerprint density at radius 3 is 2.85 bits per heavy atom. The lowest BCUT2D eigenvalue weighted by atomic mass is 10.0. The van der Waals surface area contributed by atoms with E-state index >= 15 is 0 Å². The van der Waals surface area contributed by atoms with Crippen molar-refractivity contribution < 1.29 is 23.9 Å². The van der Waals surface area contributed by atoms with E-state index in [-0.39, 0.29) is 37.2 Å². The summed E-state index contributed by atoms with van der Waals surface area (Å²) in [6.07, 6.45) is 2.79. The maximum atomic E-state index is 12.7. The number of imide groups is 1. The van der Waals surface area contributed by atoms with Crippen molar-refractivity contribution in [3.05, 3.63) is 29.3 Å². The molecule has 0 saturated carbocycles. The van der Waals surface area contributed by atoms with Crippen LogP contribution in [0.2, 0.25) is 0 Å². The number of carbonyl (C=O) groups is 4. The van der Waals surface area contributed by atoms with Crippen molar-refractivity contribution in [1.82, 2.24) is 10.2 Å². The Kier molecular flexibility index (Phi) is 5.35. The summed E-state index contributed by atoms with van der Waals surface area (Å²) < 4.78 is 5.65. The van der Waals surface area contributed by atoms with Crippen molar-refractivity contribution >= 4 is 23.5 Å². The van der Waals surface area contributed by atoms with Crippen molar-refractivity contribution in [2.24, 2.45) is 0 Å². The highest BCUT2D eigenvalue weighted by Crippen LogP contribution is 2.33. The van der Waals surface area contributed by atoms with E-state index < -0.39 is 11.9 Å². The van der Waals surface area contributed by atoms with Gasteiger partial charge in [0.1, 0.15) is 18.4 Å². The smallest absolute Gasteiger partial charge is 0.255 e. The predicted molar refractivity (Wildman–Crippen MR) is 92.5 cm³/mol. The minimum atomic E-state index is -0.661. The van der Waals surface area contributed by atoms with E-state index in [9.17, 15) is 19.2 Å². The van der Waals surface area contributed by atoms with Crippen LogP contribution in [0.4, 0.5) is 0 Å². The second-order valence-electron chi connectivity index (χ2n) is 6.61. The van der Waals surface area contributed by atoms with E-state index in [1.807, 2.05) is 6.92 Å². The van der Waals surface area contributed by atoms with Crippen molar-refractivity contribution in [3.8, 4) is 5.75 Å². The minimum Gasteiger partial charge on any atom is -0.485 e. The number of unbranched alkanes of at least 4 members (excludes halogenated alkanes) is 1. The third kappa shape index (κ3) is 3.61. The molecule has 1 fully saturated rings. The highest BCUT2D eigenvalue weighted by atomic mass is 16.5. The Morgan fingerprint density at radius 2 is 2.12 bits per heavy atom. The van der Waals surface area contributed by atoms with E-state index in [0.717, 1.165) is 12.8 Å². The molecule has 1 unspecified atom stereocenters. The van der Waals surface area contributed by atoms with Crippen LogP contribution in [-0.2, 0) is 20.9 Å². The van der Waals surface area contributed by atoms with Gasteiger partial charge < -0.3 is 9.64 Å². The van der Waals surface area contributed by atoms with Crippen LogP contribution in [0.3, 0.4) is 0 Å².